The lowest BCUT2D eigenvalue weighted by atomic mass is 9.97. The van der Waals surface area contributed by atoms with Gasteiger partial charge in [-0.1, -0.05) is 168 Å². The molecule has 0 N–H and O–H groups in total. The summed E-state index contributed by atoms with van der Waals surface area (Å²) in [5.41, 5.74) is 5.49. The van der Waals surface area contributed by atoms with Gasteiger partial charge in [0, 0.05) is 110 Å². The molecular weight excluding hydrogens is 1850 g/mol. The third kappa shape index (κ3) is 33.1. The summed E-state index contributed by atoms with van der Waals surface area (Å²) >= 11 is 0. The molecule has 0 saturated heterocycles. The summed E-state index contributed by atoms with van der Waals surface area (Å²) in [6, 6.07) is 61.1. The Bertz CT molecular complexity index is 7180. The second-order valence-corrected chi connectivity index (χ2v) is 30.4. The fourth-order valence-electron chi connectivity index (χ4n) is 11.7. The highest BCUT2D eigenvalue weighted by Crippen LogP contribution is 2.45. The van der Waals surface area contributed by atoms with Crippen LogP contribution in [0.15, 0.2) is 367 Å². The topological polar surface area (TPSA) is 333 Å². The van der Waals surface area contributed by atoms with Gasteiger partial charge in [-0.15, -0.1) is 0 Å². The monoisotopic (exact) mass is 1940 g/mol. The summed E-state index contributed by atoms with van der Waals surface area (Å²) in [6.45, 7) is 41.1. The molecule has 11 aromatic rings. The van der Waals surface area contributed by atoms with E-state index in [-0.39, 0.29) is 97.4 Å². The third-order valence-corrected chi connectivity index (χ3v) is 19.1. The Labute approximate surface area is 826 Å². The van der Waals surface area contributed by atoms with Crippen LogP contribution >= 0.6 is 0 Å². The van der Waals surface area contributed by atoms with Crippen molar-refractivity contribution in [1.29, 1.82) is 0 Å². The molecular formula is C116H87F3O25. The lowest BCUT2D eigenvalue weighted by Crippen LogP contribution is -2.17. The maximum Gasteiger partial charge on any atom is 0.418 e. The number of carbonyl (C=O) groups is 13. The highest BCUT2D eigenvalue weighted by atomic mass is 19.4. The molecule has 0 saturated carbocycles. The molecule has 0 atom stereocenters. The van der Waals surface area contributed by atoms with Gasteiger partial charge in [-0.05, 0) is 232 Å². The maximum atomic E-state index is 14.8. The lowest BCUT2D eigenvalue weighted by molar-refractivity contribution is -0.144. The zero-order valence-electron chi connectivity index (χ0n) is 78.1. The molecule has 144 heavy (non-hydrogen) atoms. The van der Waals surface area contributed by atoms with Crippen molar-refractivity contribution in [2.24, 2.45) is 0 Å². The number of ketones is 2. The van der Waals surface area contributed by atoms with Crippen LogP contribution in [0.2, 0.25) is 0 Å². The number of hydrogen-bond donors (Lipinski definition) is 0. The molecule has 0 unspecified atom stereocenters. The molecule has 25 nitrogen and oxygen atoms in total. The highest BCUT2D eigenvalue weighted by Gasteiger charge is 2.40. The van der Waals surface area contributed by atoms with Crippen LogP contribution in [-0.4, -0.2) is 83.8 Å². The highest BCUT2D eigenvalue weighted by molar-refractivity contribution is 6.11. The normalized spacial score (nSPS) is 10.2. The van der Waals surface area contributed by atoms with Gasteiger partial charge in [0.2, 0.25) is 0 Å². The largest absolute Gasteiger partial charge is 0.485 e. The summed E-state index contributed by atoms with van der Waals surface area (Å²) in [5.74, 6) is 9.40. The average Bonchev–Trinajstić information content (AvgIpc) is 0.764. The molecule has 0 radical (unpaired) electrons. The van der Waals surface area contributed by atoms with E-state index in [1.807, 2.05) is 36.4 Å². The molecule has 11 rings (SSSR count). The number of hydrogen-bond acceptors (Lipinski definition) is 25. The lowest BCUT2D eigenvalue weighted by Gasteiger charge is -2.21. The van der Waals surface area contributed by atoms with E-state index in [1.165, 1.54) is 129 Å². The van der Waals surface area contributed by atoms with Gasteiger partial charge in [0.1, 0.15) is 59.2 Å². The minimum atomic E-state index is -5.06. The van der Waals surface area contributed by atoms with E-state index in [0.717, 1.165) is 53.1 Å². The van der Waals surface area contributed by atoms with E-state index in [0.29, 0.717) is 62.4 Å². The molecule has 0 amide bonds. The van der Waals surface area contributed by atoms with E-state index in [2.05, 4.69) is 101 Å². The quantitative estimate of drug-likeness (QED) is 0.0121. The number of esters is 11. The Morgan fingerprint density at radius 2 is 0.694 bits per heavy atom. The zero-order valence-corrected chi connectivity index (χ0v) is 78.1. The fraction of sp³-hybridized carbons (Fsp3) is 0.0776. The molecule has 0 aliphatic carbocycles. The van der Waals surface area contributed by atoms with E-state index in [1.54, 1.807) is 112 Å². The predicted molar refractivity (Wildman–Crippen MR) is 529 cm³/mol. The Morgan fingerprint density at radius 1 is 0.333 bits per heavy atom. The molecule has 0 aromatic heterocycles. The van der Waals surface area contributed by atoms with Crippen molar-refractivity contribution >= 4 is 83.3 Å². The second kappa shape index (κ2) is 52.0. The Hall–Kier alpha value is -19.7. The van der Waals surface area contributed by atoms with Crippen LogP contribution in [0.25, 0.3) is 17.2 Å². The molecule has 722 valence electrons. The first-order chi connectivity index (χ1) is 68.7. The minimum absolute atomic E-state index is 0.00105. The molecule has 0 aliphatic heterocycles. The molecule has 0 bridgehead atoms. The van der Waals surface area contributed by atoms with Gasteiger partial charge in [0.05, 0.1) is 27.8 Å². The maximum absolute atomic E-state index is 14.8. The molecule has 0 spiro atoms. The Morgan fingerprint density at radius 3 is 1.13 bits per heavy atom. The van der Waals surface area contributed by atoms with Gasteiger partial charge in [-0.2, -0.15) is 13.2 Å². The molecule has 0 fully saturated rings. The number of rotatable bonds is 33. The van der Waals surface area contributed by atoms with Crippen molar-refractivity contribution in [2.45, 2.75) is 53.8 Å². The van der Waals surface area contributed by atoms with Crippen molar-refractivity contribution in [3.8, 4) is 110 Å². The van der Waals surface area contributed by atoms with E-state index in [9.17, 15) is 75.5 Å². The van der Waals surface area contributed by atoms with Crippen LogP contribution in [0.3, 0.4) is 0 Å². The summed E-state index contributed by atoms with van der Waals surface area (Å²) in [7, 11) is 0. The minimum Gasteiger partial charge on any atom is -0.485 e. The SMILES string of the molecule is C=CC(=O)OCc1c(OC/C=C/c2ccc(OC(=O)C=C)cc2)c(OC(=O)C=C)cc(C#Cc2ccc(OC(=O)C(=C)C)cc2)c1C(F)(F)F.C=CC(=O)Oc1cc(C#Cc2ccc(OC(=O)C(=C)C)cc2)ccc1C(=O)c1ccc(-c2ccc(CC(=O)C(=C)C)cc2)cc1.C=CC(=O)Oc1cc(OC(=O)c2ccc(OC(=O)c3ccc(OC(=O)C(=C)C)cc3)cc2)ccc1C#Cc1ccc(OC(=O)C(=C)C)cc1. The molecule has 11 aromatic carbocycles. The van der Waals surface area contributed by atoms with Gasteiger partial charge in [-0.3, -0.25) is 9.59 Å². The number of ether oxygens (including phenoxy) is 12. The number of alkyl halides is 3. The fourth-order valence-corrected chi connectivity index (χ4v) is 11.7. The van der Waals surface area contributed by atoms with Crippen molar-refractivity contribution in [3.63, 3.8) is 0 Å². The van der Waals surface area contributed by atoms with Crippen molar-refractivity contribution in [2.75, 3.05) is 6.61 Å². The summed E-state index contributed by atoms with van der Waals surface area (Å²) in [4.78, 5) is 157. The van der Waals surface area contributed by atoms with Crippen LogP contribution in [-0.2, 0) is 71.9 Å². The van der Waals surface area contributed by atoms with E-state index < -0.39 is 107 Å². The van der Waals surface area contributed by atoms with E-state index in [4.69, 9.17) is 56.8 Å². The zero-order chi connectivity index (χ0) is 105. The van der Waals surface area contributed by atoms with Gasteiger partial charge < -0.3 is 56.8 Å². The van der Waals surface area contributed by atoms with Crippen LogP contribution in [0.1, 0.15) is 127 Å². The van der Waals surface area contributed by atoms with Crippen LogP contribution in [0.5, 0.6) is 63.2 Å². The van der Waals surface area contributed by atoms with Gasteiger partial charge in [0.25, 0.3) is 0 Å². The summed E-state index contributed by atoms with van der Waals surface area (Å²) in [5, 5.41) is 0. The average molecular weight is 1940 g/mol. The smallest absolute Gasteiger partial charge is 0.418 e. The van der Waals surface area contributed by atoms with Gasteiger partial charge >= 0.3 is 71.8 Å². The van der Waals surface area contributed by atoms with Crippen LogP contribution < -0.4 is 52.1 Å². The summed E-state index contributed by atoms with van der Waals surface area (Å²) in [6.07, 6.45) is 2.83. The number of allylic oxidation sites excluding steroid dienone is 1. The van der Waals surface area contributed by atoms with E-state index >= 15 is 0 Å². The number of halogens is 3. The predicted octanol–water partition coefficient (Wildman–Crippen LogP) is 20.9. The van der Waals surface area contributed by atoms with Crippen molar-refractivity contribution < 1.29 is 132 Å². The van der Waals surface area contributed by atoms with Crippen LogP contribution in [0, 0.1) is 35.5 Å². The number of carbonyl (C=O) groups excluding carboxylic acids is 13. The van der Waals surface area contributed by atoms with Gasteiger partial charge in [-0.25, -0.2) is 52.7 Å². The molecule has 0 heterocycles. The van der Waals surface area contributed by atoms with Crippen molar-refractivity contribution in [3.05, 3.63) is 445 Å². The Balaban J connectivity index is 0.000000241. The number of Topliss-reactive ketones (excluding diaryl/α,β-unsaturated/α-hetero) is 1. The first-order valence-corrected chi connectivity index (χ1v) is 42.8. The first kappa shape index (κ1) is 108. The van der Waals surface area contributed by atoms with Crippen LogP contribution in [0.4, 0.5) is 13.2 Å². The molecule has 0 aliphatic rings. The molecule has 28 heteroatoms. The van der Waals surface area contributed by atoms with Crippen molar-refractivity contribution in [1.82, 2.24) is 0 Å². The third-order valence-electron chi connectivity index (χ3n) is 19.1. The van der Waals surface area contributed by atoms with Gasteiger partial charge in [0.15, 0.2) is 28.8 Å². The second-order valence-electron chi connectivity index (χ2n) is 30.4. The Kier molecular flexibility index (Phi) is 39.0. The first-order valence-electron chi connectivity index (χ1n) is 42.8. The summed E-state index contributed by atoms with van der Waals surface area (Å²) < 4.78 is 107. The standard InChI is InChI=1S/C39H28O10.C39H30O6.C38H29F3O9/c1-6-35(40)49-34-23-33(22-11-27(34)10-7-26-8-16-30(17-9-26)45-36(41)24(2)3)48-39(44)29-14-20-32(21-15-29)47-38(43)28-12-18-31(19-13-28)46-37(42)25(4)5;1-6-37(41)45-36-24-29(8-7-27-11-20-33(21-12-27)44-39(43)26(4)5)13-22-34(36)38(42)32-18-16-31(17-19-32)30-14-9-28(10-15-30)23-35(40)25(2)3;1-6-32(42)47-23-30-35(38(39,40)41)27(16-11-26-14-19-29(20-15-26)49-37(45)24(4)5)22-31(50-34(44)8-3)36(30)46-21-9-10-25-12-17-28(18-13-25)48-33(43)7-2/h6,8-9,11-23H,1-2,4H2,3,5H3;6,9-22,24H,1-2,4,23H2,3,5H3;6-10,12-15,17-20,22H,1-4,21,23H2,5H3/b;;10-9+. The number of benzene rings is 11.